The average molecular weight is 625 g/mol. The molecule has 246 valence electrons. The Labute approximate surface area is 276 Å². The molecule has 0 unspecified atom stereocenters. The zero-order chi connectivity index (χ0) is 33.3. The van der Waals surface area contributed by atoms with Gasteiger partial charge in [0.15, 0.2) is 0 Å². The van der Waals surface area contributed by atoms with Crippen LogP contribution in [0.3, 0.4) is 0 Å². The molecule has 2 heterocycles. The van der Waals surface area contributed by atoms with Crippen LogP contribution in [0.25, 0.3) is 0 Å². The minimum Gasteiger partial charge on any atom is -0.459 e. The van der Waals surface area contributed by atoms with Crippen molar-refractivity contribution in [2.75, 3.05) is 0 Å². The predicted molar refractivity (Wildman–Crippen MR) is 184 cm³/mol. The second-order valence-corrected chi connectivity index (χ2v) is 15.8. The predicted octanol–water partition coefficient (Wildman–Crippen LogP) is 8.44. The average Bonchev–Trinajstić information content (AvgIpc) is 2.97. The Balaban J connectivity index is 1.21. The summed E-state index contributed by atoms with van der Waals surface area (Å²) in [7, 11) is 0. The van der Waals surface area contributed by atoms with Gasteiger partial charge in [-0.3, -0.25) is 9.80 Å². The molecule has 6 nitrogen and oxygen atoms in total. The molecule has 3 aromatic rings. The first-order chi connectivity index (χ1) is 21.6. The molecule has 6 heteroatoms. The molecule has 0 atom stereocenters. The van der Waals surface area contributed by atoms with Gasteiger partial charge in [0.2, 0.25) is 0 Å². The van der Waals surface area contributed by atoms with Gasteiger partial charge in [0.25, 0.3) is 0 Å². The first kappa shape index (κ1) is 33.9. The van der Waals surface area contributed by atoms with Crippen molar-refractivity contribution >= 4 is 11.9 Å². The molecule has 0 aromatic heterocycles. The second kappa shape index (κ2) is 13.0. The van der Waals surface area contributed by atoms with Crippen molar-refractivity contribution in [1.29, 1.82) is 0 Å². The van der Waals surface area contributed by atoms with Crippen molar-refractivity contribution in [3.8, 4) is 0 Å². The molecule has 0 bridgehead atoms. The molecule has 0 spiro atoms. The number of carbonyl (C=O) groups excluding carboxylic acids is 2. The number of ether oxygens (including phenoxy) is 2. The Morgan fingerprint density at radius 3 is 1.09 bits per heavy atom. The van der Waals surface area contributed by atoms with Gasteiger partial charge in [-0.15, -0.1) is 0 Å². The standard InChI is InChI=1S/C40H52N2O4/c1-37(2)23-33(45-35(43)31-15-11-9-12-16-31)24-38(3,4)41(37)27-29-19-21-30(22-20-29)28-42-39(5,6)25-34(26-40(42,7)8)46-36(44)32-17-13-10-14-18-32/h9-22,33-34H,23-28H2,1-8H3. The van der Waals surface area contributed by atoms with Gasteiger partial charge in [0.05, 0.1) is 11.1 Å². The van der Waals surface area contributed by atoms with Gasteiger partial charge in [-0.2, -0.15) is 0 Å². The molecule has 5 rings (SSSR count). The lowest BCUT2D eigenvalue weighted by Crippen LogP contribution is -2.61. The van der Waals surface area contributed by atoms with Crippen LogP contribution >= 0.6 is 0 Å². The Bertz CT molecular complexity index is 1340. The van der Waals surface area contributed by atoms with Crippen LogP contribution in [0.15, 0.2) is 84.9 Å². The fourth-order valence-electron chi connectivity index (χ4n) is 8.18. The number of nitrogens with zero attached hydrogens (tertiary/aromatic N) is 2. The van der Waals surface area contributed by atoms with Gasteiger partial charge < -0.3 is 9.47 Å². The van der Waals surface area contributed by atoms with Crippen LogP contribution in [0.4, 0.5) is 0 Å². The topological polar surface area (TPSA) is 59.1 Å². The second-order valence-electron chi connectivity index (χ2n) is 15.8. The number of piperidine rings is 2. The fraction of sp³-hybridized carbons (Fsp3) is 0.500. The molecular weight excluding hydrogens is 572 g/mol. The third-order valence-electron chi connectivity index (χ3n) is 10.1. The van der Waals surface area contributed by atoms with Gasteiger partial charge >= 0.3 is 11.9 Å². The first-order valence-electron chi connectivity index (χ1n) is 16.7. The quantitative estimate of drug-likeness (QED) is 0.235. The maximum atomic E-state index is 12.8. The molecule has 2 fully saturated rings. The summed E-state index contributed by atoms with van der Waals surface area (Å²) in [5.74, 6) is -0.491. The van der Waals surface area contributed by atoms with Gasteiger partial charge in [0.1, 0.15) is 12.2 Å². The van der Waals surface area contributed by atoms with Crippen LogP contribution in [0.1, 0.15) is 113 Å². The Morgan fingerprint density at radius 1 is 0.522 bits per heavy atom. The lowest BCUT2D eigenvalue weighted by Gasteiger charge is -2.55. The summed E-state index contributed by atoms with van der Waals surface area (Å²) >= 11 is 0. The van der Waals surface area contributed by atoms with Crippen molar-refractivity contribution in [2.24, 2.45) is 0 Å². The highest BCUT2D eigenvalue weighted by atomic mass is 16.5. The van der Waals surface area contributed by atoms with E-state index in [2.05, 4.69) is 89.5 Å². The van der Waals surface area contributed by atoms with Crippen LogP contribution in [-0.2, 0) is 22.6 Å². The van der Waals surface area contributed by atoms with E-state index >= 15 is 0 Å². The van der Waals surface area contributed by atoms with E-state index < -0.39 is 0 Å². The van der Waals surface area contributed by atoms with E-state index in [1.807, 2.05) is 60.7 Å². The molecule has 2 aliphatic heterocycles. The minimum atomic E-state index is -0.245. The maximum absolute atomic E-state index is 12.8. The van der Waals surface area contributed by atoms with E-state index in [1.165, 1.54) is 11.1 Å². The van der Waals surface area contributed by atoms with Gasteiger partial charge in [-0.25, -0.2) is 9.59 Å². The van der Waals surface area contributed by atoms with Crippen molar-refractivity contribution in [3.63, 3.8) is 0 Å². The number of carbonyl (C=O) groups is 2. The largest absolute Gasteiger partial charge is 0.459 e. The highest BCUT2D eigenvalue weighted by Gasteiger charge is 2.48. The van der Waals surface area contributed by atoms with Crippen LogP contribution in [0.2, 0.25) is 0 Å². The molecular formula is C40H52N2O4. The number of benzene rings is 3. The van der Waals surface area contributed by atoms with Gasteiger partial charge in [-0.1, -0.05) is 60.7 Å². The summed E-state index contributed by atoms with van der Waals surface area (Å²) in [6.45, 7) is 19.7. The number of hydrogen-bond donors (Lipinski definition) is 0. The number of esters is 2. The zero-order valence-electron chi connectivity index (χ0n) is 29.0. The van der Waals surface area contributed by atoms with Crippen LogP contribution < -0.4 is 0 Å². The van der Waals surface area contributed by atoms with Crippen molar-refractivity contribution in [1.82, 2.24) is 9.80 Å². The van der Waals surface area contributed by atoms with E-state index in [0.717, 1.165) is 38.8 Å². The lowest BCUT2D eigenvalue weighted by atomic mass is 9.77. The molecule has 0 radical (unpaired) electrons. The highest BCUT2D eigenvalue weighted by molar-refractivity contribution is 5.89. The summed E-state index contributed by atoms with van der Waals surface area (Å²) in [6, 6.07) is 27.6. The SMILES string of the molecule is CC1(C)CC(OC(=O)c2ccccc2)CC(C)(C)N1Cc1ccc(CN2C(C)(C)CC(OC(=O)c3ccccc3)CC2(C)C)cc1. The molecule has 0 N–H and O–H groups in total. The van der Waals surface area contributed by atoms with E-state index in [4.69, 9.17) is 9.47 Å². The zero-order valence-corrected chi connectivity index (χ0v) is 29.0. The Morgan fingerprint density at radius 2 is 0.804 bits per heavy atom. The monoisotopic (exact) mass is 624 g/mol. The third-order valence-corrected chi connectivity index (χ3v) is 10.1. The van der Waals surface area contributed by atoms with E-state index in [-0.39, 0.29) is 46.3 Å². The van der Waals surface area contributed by atoms with Crippen LogP contribution in [0, 0.1) is 0 Å². The smallest absolute Gasteiger partial charge is 0.338 e. The maximum Gasteiger partial charge on any atom is 0.338 e. The minimum absolute atomic E-state index is 0.131. The van der Waals surface area contributed by atoms with Crippen LogP contribution in [0.5, 0.6) is 0 Å². The Kier molecular flexibility index (Phi) is 9.54. The number of hydrogen-bond acceptors (Lipinski definition) is 6. The molecule has 0 aliphatic carbocycles. The molecule has 0 amide bonds. The number of rotatable bonds is 8. The fourth-order valence-corrected chi connectivity index (χ4v) is 8.18. The van der Waals surface area contributed by atoms with Crippen molar-refractivity contribution < 1.29 is 19.1 Å². The number of likely N-dealkylation sites (tertiary alicyclic amines) is 2. The summed E-state index contributed by atoms with van der Waals surface area (Å²) in [5.41, 5.74) is 3.15. The molecule has 2 aliphatic rings. The van der Waals surface area contributed by atoms with Gasteiger partial charge in [-0.05, 0) is 90.8 Å². The van der Waals surface area contributed by atoms with Gasteiger partial charge in [0, 0.05) is 60.9 Å². The van der Waals surface area contributed by atoms with E-state index in [0.29, 0.717) is 11.1 Å². The molecule has 2 saturated heterocycles. The van der Waals surface area contributed by atoms with E-state index in [1.54, 1.807) is 0 Å². The first-order valence-corrected chi connectivity index (χ1v) is 16.7. The highest BCUT2D eigenvalue weighted by Crippen LogP contribution is 2.42. The van der Waals surface area contributed by atoms with E-state index in [9.17, 15) is 9.59 Å². The summed E-state index contributed by atoms with van der Waals surface area (Å²) < 4.78 is 12.0. The lowest BCUT2D eigenvalue weighted by molar-refractivity contribution is -0.0930. The Hall–Kier alpha value is -3.48. The van der Waals surface area contributed by atoms with Crippen molar-refractivity contribution in [3.05, 3.63) is 107 Å². The summed E-state index contributed by atoms with van der Waals surface area (Å²) in [5, 5.41) is 0. The third kappa shape index (κ3) is 7.72. The normalized spacial score (nSPS) is 21.4. The molecule has 3 aromatic carbocycles. The molecule has 0 saturated carbocycles. The van der Waals surface area contributed by atoms with Crippen molar-refractivity contribution in [2.45, 2.75) is 129 Å². The summed E-state index contributed by atoms with van der Waals surface area (Å²) in [4.78, 5) is 30.8. The summed E-state index contributed by atoms with van der Waals surface area (Å²) in [6.07, 6.45) is 2.88. The van der Waals surface area contributed by atoms with Crippen LogP contribution in [-0.4, -0.2) is 56.1 Å². The molecule has 46 heavy (non-hydrogen) atoms.